The molecule has 2 N–H and O–H groups in total. The van der Waals surface area contributed by atoms with Gasteiger partial charge in [0, 0.05) is 56.7 Å². The molecule has 164 valence electrons. The molecule has 4 heterocycles. The van der Waals surface area contributed by atoms with Gasteiger partial charge in [-0.2, -0.15) is 5.10 Å². The van der Waals surface area contributed by atoms with Crippen LogP contribution in [-0.4, -0.2) is 58.0 Å². The fraction of sp³-hybridized carbons (Fsp3) is 0.682. The van der Waals surface area contributed by atoms with Crippen molar-refractivity contribution in [2.24, 2.45) is 0 Å². The number of fused-ring (bicyclic) bond motifs is 1. The number of nitrogens with zero attached hydrogens (tertiary/aromatic N) is 4. The molecule has 4 rings (SSSR count). The van der Waals surface area contributed by atoms with Gasteiger partial charge in [0.2, 0.25) is 0 Å². The molecule has 0 aromatic carbocycles. The zero-order valence-corrected chi connectivity index (χ0v) is 18.2. The Morgan fingerprint density at radius 3 is 2.67 bits per heavy atom. The van der Waals surface area contributed by atoms with Gasteiger partial charge in [0.05, 0.1) is 17.3 Å². The summed E-state index contributed by atoms with van der Waals surface area (Å²) in [7, 11) is 0. The second kappa shape index (κ2) is 9.64. The number of carbonyl (C=O) groups is 1. The van der Waals surface area contributed by atoms with E-state index >= 15 is 0 Å². The van der Waals surface area contributed by atoms with E-state index < -0.39 is 0 Å². The number of aromatic nitrogens is 3. The highest BCUT2D eigenvalue weighted by Crippen LogP contribution is 2.31. The van der Waals surface area contributed by atoms with Crippen molar-refractivity contribution in [1.29, 1.82) is 0 Å². The molecular weight excluding hydrogens is 380 g/mol. The van der Waals surface area contributed by atoms with Crippen molar-refractivity contribution in [2.75, 3.05) is 31.6 Å². The van der Waals surface area contributed by atoms with Gasteiger partial charge < -0.3 is 20.3 Å². The Bertz CT molecular complexity index is 868. The third-order valence-corrected chi connectivity index (χ3v) is 6.24. The van der Waals surface area contributed by atoms with Gasteiger partial charge in [0.25, 0.3) is 0 Å². The van der Waals surface area contributed by atoms with Gasteiger partial charge in [-0.1, -0.05) is 6.92 Å². The molecule has 2 fully saturated rings. The van der Waals surface area contributed by atoms with E-state index in [-0.39, 0.29) is 6.03 Å². The summed E-state index contributed by atoms with van der Waals surface area (Å²) >= 11 is 0. The first-order chi connectivity index (χ1) is 14.7. The second-order valence-corrected chi connectivity index (χ2v) is 8.20. The van der Waals surface area contributed by atoms with Crippen LogP contribution in [0.2, 0.25) is 0 Å². The zero-order chi connectivity index (χ0) is 20.9. The van der Waals surface area contributed by atoms with E-state index in [0.29, 0.717) is 12.6 Å². The molecule has 2 aromatic heterocycles. The van der Waals surface area contributed by atoms with Gasteiger partial charge in [0.1, 0.15) is 0 Å². The Labute approximate surface area is 178 Å². The number of likely N-dealkylation sites (tertiary alicyclic amines) is 1. The largest absolute Gasteiger partial charge is 0.381 e. The smallest absolute Gasteiger partial charge is 0.317 e. The number of aryl methyl sites for hydroxylation is 2. The lowest BCUT2D eigenvalue weighted by atomic mass is 10.0. The first-order valence-corrected chi connectivity index (χ1v) is 11.5. The summed E-state index contributed by atoms with van der Waals surface area (Å²) in [6.07, 6.45) is 8.07. The topological polar surface area (TPSA) is 84.3 Å². The zero-order valence-electron chi connectivity index (χ0n) is 18.2. The fourth-order valence-electron chi connectivity index (χ4n) is 4.47. The van der Waals surface area contributed by atoms with Crippen molar-refractivity contribution in [3.63, 3.8) is 0 Å². The molecule has 0 aliphatic carbocycles. The standard InChI is InChI=1S/C22H34N6O2/c1-3-19-17(14-23-22(29)27-10-6-5-7-11-27)20(25-16-8-12-30-13-9-16)18-15-24-28(4-2)21(18)26-19/h15-16H,3-14H2,1-2H3,(H,23,29)(H,25,26). The van der Waals surface area contributed by atoms with Crippen LogP contribution in [0.15, 0.2) is 6.20 Å². The maximum Gasteiger partial charge on any atom is 0.317 e. The molecular formula is C22H34N6O2. The van der Waals surface area contributed by atoms with Crippen molar-refractivity contribution >= 4 is 22.8 Å². The summed E-state index contributed by atoms with van der Waals surface area (Å²) in [6.45, 7) is 8.71. The molecule has 8 nitrogen and oxygen atoms in total. The lowest BCUT2D eigenvalue weighted by molar-refractivity contribution is 0.0904. The van der Waals surface area contributed by atoms with E-state index in [1.54, 1.807) is 0 Å². The van der Waals surface area contributed by atoms with Crippen LogP contribution in [0.1, 0.15) is 57.2 Å². The summed E-state index contributed by atoms with van der Waals surface area (Å²) in [5.41, 5.74) is 4.08. The van der Waals surface area contributed by atoms with Crippen LogP contribution in [0.3, 0.4) is 0 Å². The van der Waals surface area contributed by atoms with Gasteiger partial charge in [-0.05, 0) is 45.4 Å². The van der Waals surface area contributed by atoms with Crippen molar-refractivity contribution in [3.05, 3.63) is 17.5 Å². The highest BCUT2D eigenvalue weighted by molar-refractivity contribution is 5.91. The molecule has 2 amide bonds. The molecule has 0 bridgehead atoms. The third kappa shape index (κ3) is 4.38. The van der Waals surface area contributed by atoms with E-state index in [1.165, 1.54) is 6.42 Å². The Hall–Kier alpha value is -2.35. The van der Waals surface area contributed by atoms with E-state index in [1.807, 2.05) is 15.8 Å². The SMILES string of the molecule is CCc1nc2c(cnn2CC)c(NC2CCOCC2)c1CNC(=O)N1CCCCC1. The van der Waals surface area contributed by atoms with Crippen molar-refractivity contribution < 1.29 is 9.53 Å². The number of piperidine rings is 1. The molecule has 0 atom stereocenters. The van der Waals surface area contributed by atoms with E-state index in [0.717, 1.165) is 92.9 Å². The molecule has 2 saturated heterocycles. The van der Waals surface area contributed by atoms with Crippen LogP contribution in [0.4, 0.5) is 10.5 Å². The number of amides is 2. The highest BCUT2D eigenvalue weighted by Gasteiger charge is 2.23. The predicted octanol–water partition coefficient (Wildman–Crippen LogP) is 3.30. The fourth-order valence-corrected chi connectivity index (χ4v) is 4.47. The quantitative estimate of drug-likeness (QED) is 0.758. The number of nitrogens with one attached hydrogen (secondary N) is 2. The normalized spacial score (nSPS) is 18.0. The third-order valence-electron chi connectivity index (χ3n) is 6.24. The molecule has 2 aliphatic heterocycles. The maximum atomic E-state index is 12.7. The first kappa shape index (κ1) is 20.9. The van der Waals surface area contributed by atoms with E-state index in [9.17, 15) is 4.79 Å². The van der Waals surface area contributed by atoms with Crippen LogP contribution in [-0.2, 0) is 24.2 Å². The van der Waals surface area contributed by atoms with Gasteiger partial charge in [0.15, 0.2) is 5.65 Å². The number of anilines is 1. The Balaban J connectivity index is 1.64. The Morgan fingerprint density at radius 2 is 1.97 bits per heavy atom. The molecule has 0 unspecified atom stereocenters. The molecule has 2 aromatic rings. The monoisotopic (exact) mass is 414 g/mol. The average molecular weight is 415 g/mol. The highest BCUT2D eigenvalue weighted by atomic mass is 16.5. The van der Waals surface area contributed by atoms with Gasteiger partial charge >= 0.3 is 6.03 Å². The summed E-state index contributed by atoms with van der Waals surface area (Å²) in [5.74, 6) is 0. The van der Waals surface area contributed by atoms with Crippen molar-refractivity contribution in [2.45, 2.75) is 71.5 Å². The minimum Gasteiger partial charge on any atom is -0.381 e. The number of carbonyl (C=O) groups excluding carboxylic acids is 1. The van der Waals surface area contributed by atoms with Gasteiger partial charge in [-0.25, -0.2) is 14.5 Å². The van der Waals surface area contributed by atoms with Gasteiger partial charge in [-0.15, -0.1) is 0 Å². The van der Waals surface area contributed by atoms with E-state index in [2.05, 4.69) is 29.6 Å². The lowest BCUT2D eigenvalue weighted by Gasteiger charge is -2.28. The number of hydrogen-bond donors (Lipinski definition) is 2. The summed E-state index contributed by atoms with van der Waals surface area (Å²) in [6, 6.07) is 0.383. The molecule has 2 aliphatic rings. The number of ether oxygens (including phenoxy) is 1. The number of urea groups is 1. The minimum atomic E-state index is 0.0260. The predicted molar refractivity (Wildman–Crippen MR) is 118 cm³/mol. The average Bonchev–Trinajstić information content (AvgIpc) is 3.22. The lowest BCUT2D eigenvalue weighted by Crippen LogP contribution is -2.42. The van der Waals surface area contributed by atoms with Crippen LogP contribution < -0.4 is 10.6 Å². The minimum absolute atomic E-state index is 0.0260. The Morgan fingerprint density at radius 1 is 1.20 bits per heavy atom. The molecule has 0 radical (unpaired) electrons. The number of hydrogen-bond acceptors (Lipinski definition) is 5. The number of pyridine rings is 1. The van der Waals surface area contributed by atoms with Crippen molar-refractivity contribution in [3.8, 4) is 0 Å². The van der Waals surface area contributed by atoms with Crippen LogP contribution in [0.5, 0.6) is 0 Å². The van der Waals surface area contributed by atoms with Crippen LogP contribution >= 0.6 is 0 Å². The molecule has 8 heteroatoms. The molecule has 0 saturated carbocycles. The van der Waals surface area contributed by atoms with E-state index in [4.69, 9.17) is 9.72 Å². The number of rotatable bonds is 6. The second-order valence-electron chi connectivity index (χ2n) is 8.20. The summed E-state index contributed by atoms with van der Waals surface area (Å²) in [4.78, 5) is 19.6. The van der Waals surface area contributed by atoms with Crippen molar-refractivity contribution in [1.82, 2.24) is 25.0 Å². The molecule has 30 heavy (non-hydrogen) atoms. The first-order valence-electron chi connectivity index (χ1n) is 11.5. The van der Waals surface area contributed by atoms with Gasteiger partial charge in [-0.3, -0.25) is 0 Å². The van der Waals surface area contributed by atoms with Crippen LogP contribution in [0.25, 0.3) is 11.0 Å². The maximum absolute atomic E-state index is 12.7. The molecule has 0 spiro atoms. The van der Waals surface area contributed by atoms with Crippen LogP contribution in [0, 0.1) is 0 Å². The summed E-state index contributed by atoms with van der Waals surface area (Å²) < 4.78 is 7.48. The Kier molecular flexibility index (Phi) is 6.72. The summed E-state index contributed by atoms with van der Waals surface area (Å²) in [5, 5.41) is 12.5.